The minimum absolute atomic E-state index is 0.545. The van der Waals surface area contributed by atoms with Crippen molar-refractivity contribution in [1.29, 1.82) is 0 Å². The molecular weight excluding hydrogens is 987 g/mol. The van der Waals surface area contributed by atoms with E-state index in [2.05, 4.69) is 78.7 Å². The van der Waals surface area contributed by atoms with E-state index in [-0.39, 0.29) is 0 Å². The Balaban J connectivity index is 1.00. The molecule has 13 rings (SSSR count). The largest absolute Gasteiger partial charge is 0.457 e. The molecule has 0 aliphatic heterocycles. The van der Waals surface area contributed by atoms with Crippen molar-refractivity contribution >= 4 is 29.2 Å². The number of hydrogen-bond donors (Lipinski definition) is 0. The predicted molar refractivity (Wildman–Crippen MR) is 309 cm³/mol. The Morgan fingerprint density at radius 3 is 1.05 bits per heavy atom. The predicted octanol–water partition coefficient (Wildman–Crippen LogP) is 19.3. The third-order valence-corrected chi connectivity index (χ3v) is 15.6. The van der Waals surface area contributed by atoms with Crippen molar-refractivity contribution < 1.29 is 27.0 Å². The van der Waals surface area contributed by atoms with E-state index in [4.69, 9.17) is 9.47 Å². The number of hydrogen-bond acceptors (Lipinski definition) is 3. The molecule has 2 aliphatic carbocycles. The summed E-state index contributed by atoms with van der Waals surface area (Å²) in [7, 11) is 0. The van der Waals surface area contributed by atoms with Crippen LogP contribution in [0.25, 0.3) is 34.4 Å². The molecule has 380 valence electrons. The Morgan fingerprint density at radius 1 is 0.304 bits per heavy atom. The number of halogens is 4. The van der Waals surface area contributed by atoms with Crippen LogP contribution in [0.1, 0.15) is 55.6 Å². The molecule has 0 saturated carbocycles. The highest BCUT2D eigenvalue weighted by Gasteiger charge is 2.49. The summed E-state index contributed by atoms with van der Waals surface area (Å²) in [5.74, 6) is -1.30. The lowest BCUT2D eigenvalue weighted by Crippen LogP contribution is -2.29. The normalized spacial score (nSPS) is 15.5. The van der Waals surface area contributed by atoms with Gasteiger partial charge >= 0.3 is 0 Å². The second-order valence-electron chi connectivity index (χ2n) is 19.8. The van der Waals surface area contributed by atoms with Crippen LogP contribution in [0.5, 0.6) is 23.0 Å². The number of benzene rings is 11. The Labute approximate surface area is 455 Å². The summed E-state index contributed by atoms with van der Waals surface area (Å²) in [6.07, 6.45) is 3.55. The van der Waals surface area contributed by atoms with Crippen molar-refractivity contribution in [2.45, 2.75) is 10.8 Å². The summed E-state index contributed by atoms with van der Waals surface area (Å²) in [5, 5.41) is 0. The van der Waals surface area contributed by atoms with Gasteiger partial charge in [-0.15, -0.1) is 0 Å². The summed E-state index contributed by atoms with van der Waals surface area (Å²) in [4.78, 5) is 2.18. The molecule has 11 aromatic rings. The molecule has 2 aliphatic rings. The Morgan fingerprint density at radius 2 is 0.658 bits per heavy atom. The van der Waals surface area contributed by atoms with Crippen LogP contribution in [-0.2, 0) is 10.8 Å². The van der Waals surface area contributed by atoms with Gasteiger partial charge in [-0.2, -0.15) is 0 Å². The van der Waals surface area contributed by atoms with Crippen LogP contribution in [0.4, 0.5) is 34.6 Å². The summed E-state index contributed by atoms with van der Waals surface area (Å²) in [5.41, 5.74) is 12.1. The van der Waals surface area contributed by atoms with Gasteiger partial charge in [0.2, 0.25) is 0 Å². The summed E-state index contributed by atoms with van der Waals surface area (Å²) < 4.78 is 74.7. The second kappa shape index (κ2) is 19.5. The van der Waals surface area contributed by atoms with Crippen LogP contribution in [0.3, 0.4) is 0 Å². The lowest BCUT2D eigenvalue weighted by atomic mass is 9.67. The second-order valence-corrected chi connectivity index (χ2v) is 19.8. The van der Waals surface area contributed by atoms with Gasteiger partial charge in [-0.1, -0.05) is 165 Å². The molecule has 2 atom stereocenters. The summed E-state index contributed by atoms with van der Waals surface area (Å²) in [6, 6.07) is 78.2. The monoisotopic (exact) mass is 1030 g/mol. The number of fused-ring (bicyclic) bond motifs is 6. The van der Waals surface area contributed by atoms with Gasteiger partial charge in [0, 0.05) is 17.1 Å². The van der Waals surface area contributed by atoms with E-state index in [1.54, 1.807) is 24.3 Å². The zero-order valence-corrected chi connectivity index (χ0v) is 42.5. The fraction of sp³-hybridized carbons (Fsp3) is 0.0278. The van der Waals surface area contributed by atoms with E-state index in [1.807, 2.05) is 152 Å². The zero-order chi connectivity index (χ0) is 53.8. The van der Waals surface area contributed by atoms with Crippen LogP contribution in [-0.4, -0.2) is 0 Å². The average Bonchev–Trinajstić information content (AvgIpc) is 2.82. The highest BCUT2D eigenvalue weighted by Crippen LogP contribution is 2.60. The van der Waals surface area contributed by atoms with Gasteiger partial charge in [0.1, 0.15) is 23.0 Å². The minimum atomic E-state index is -1.14. The fourth-order valence-electron chi connectivity index (χ4n) is 12.0. The average molecular weight is 1030 g/mol. The Hall–Kier alpha value is -9.98. The Kier molecular flexibility index (Phi) is 12.0. The number of anilines is 3. The number of rotatable bonds is 13. The lowest BCUT2D eigenvalue weighted by Gasteiger charge is -2.36. The number of para-hydroxylation sites is 1. The first-order valence-electron chi connectivity index (χ1n) is 25.9. The van der Waals surface area contributed by atoms with Crippen molar-refractivity contribution in [2.75, 3.05) is 4.90 Å². The first-order valence-corrected chi connectivity index (χ1v) is 25.9. The molecule has 0 spiro atoms. The van der Waals surface area contributed by atoms with Gasteiger partial charge in [0.05, 0.1) is 10.8 Å². The standard InChI is InChI=1S/C72H47F4NO2/c1-3-46-18-30-55(31-19-46)78-57-34-22-48(23-35-57)71(50-26-40-67(73)69(75)42-50)63-16-10-8-14-59(63)61-38-28-53(44-65(61)71)77(52-12-6-5-7-13-52)54-29-39-62-60-15-9-11-17-64(60)72(66(62)45-54,51-27-41-68(74)70(76)43-51)49-24-36-58(37-25-49)79-56-32-20-47(4-2)21-33-56/h3-45H,1-2H2. The smallest absolute Gasteiger partial charge is 0.159 e. The van der Waals surface area contributed by atoms with Gasteiger partial charge in [0.25, 0.3) is 0 Å². The Bertz CT molecular complexity index is 3910. The molecule has 7 heteroatoms. The van der Waals surface area contributed by atoms with Crippen LogP contribution in [0.15, 0.2) is 262 Å². The van der Waals surface area contributed by atoms with Gasteiger partial charge in [-0.05, 0) is 187 Å². The van der Waals surface area contributed by atoms with Crippen LogP contribution in [0.2, 0.25) is 0 Å². The maximum absolute atomic E-state index is 15.9. The van der Waals surface area contributed by atoms with E-state index in [0.29, 0.717) is 34.1 Å². The molecule has 0 saturated heterocycles. The van der Waals surface area contributed by atoms with E-state index in [1.165, 1.54) is 24.3 Å². The van der Waals surface area contributed by atoms with E-state index >= 15 is 17.6 Å². The van der Waals surface area contributed by atoms with Gasteiger partial charge in [0.15, 0.2) is 23.3 Å². The summed E-state index contributed by atoms with van der Waals surface area (Å²) >= 11 is 0. The molecule has 11 aromatic carbocycles. The molecule has 0 N–H and O–H groups in total. The lowest BCUT2D eigenvalue weighted by molar-refractivity contribution is 0.482. The zero-order valence-electron chi connectivity index (χ0n) is 42.5. The first-order chi connectivity index (χ1) is 38.7. The maximum atomic E-state index is 15.9. The van der Waals surface area contributed by atoms with Crippen LogP contribution in [0, 0.1) is 23.3 Å². The van der Waals surface area contributed by atoms with Crippen molar-refractivity contribution in [3.63, 3.8) is 0 Å². The third kappa shape index (κ3) is 8.04. The number of nitrogens with zero attached hydrogens (tertiary/aromatic N) is 1. The van der Waals surface area contributed by atoms with Crippen molar-refractivity contribution in [3.8, 4) is 45.3 Å². The molecule has 0 radical (unpaired) electrons. The molecule has 0 heterocycles. The SMILES string of the molecule is C=Cc1ccc(Oc2ccc(C3(c4ccc(F)c(F)c4)c4ccccc4-c4ccc(N(c5ccccc5)c5ccc6c(c5)C(c5ccc(Oc7ccc(C=C)cc7)cc5)(c5ccc(F)c(F)c5)c5ccccc5-6)cc43)cc2)cc1. The molecular formula is C72H47F4NO2. The quantitative estimate of drug-likeness (QED) is 0.107. The molecule has 3 nitrogen and oxygen atoms in total. The first kappa shape index (κ1) is 48.6. The minimum Gasteiger partial charge on any atom is -0.457 e. The van der Waals surface area contributed by atoms with Crippen LogP contribution >= 0.6 is 0 Å². The molecule has 0 aromatic heterocycles. The van der Waals surface area contributed by atoms with Crippen LogP contribution < -0.4 is 14.4 Å². The number of ether oxygens (including phenoxy) is 2. The van der Waals surface area contributed by atoms with E-state index < -0.39 is 34.1 Å². The third-order valence-electron chi connectivity index (χ3n) is 15.6. The molecule has 0 fully saturated rings. The van der Waals surface area contributed by atoms with Crippen molar-refractivity contribution in [3.05, 3.63) is 341 Å². The highest BCUT2D eigenvalue weighted by molar-refractivity contribution is 5.92. The van der Waals surface area contributed by atoms with Crippen molar-refractivity contribution in [1.82, 2.24) is 0 Å². The summed E-state index contributed by atoms with van der Waals surface area (Å²) in [6.45, 7) is 7.73. The maximum Gasteiger partial charge on any atom is 0.159 e. The fourth-order valence-corrected chi connectivity index (χ4v) is 12.0. The van der Waals surface area contributed by atoms with Gasteiger partial charge in [-0.25, -0.2) is 17.6 Å². The van der Waals surface area contributed by atoms with Gasteiger partial charge < -0.3 is 14.4 Å². The highest BCUT2D eigenvalue weighted by atomic mass is 19.2. The van der Waals surface area contributed by atoms with E-state index in [9.17, 15) is 0 Å². The molecule has 79 heavy (non-hydrogen) atoms. The molecule has 0 bridgehead atoms. The topological polar surface area (TPSA) is 21.7 Å². The van der Waals surface area contributed by atoms with Crippen molar-refractivity contribution in [2.24, 2.45) is 0 Å². The van der Waals surface area contributed by atoms with E-state index in [0.717, 1.165) is 83.8 Å². The molecule has 2 unspecified atom stereocenters. The van der Waals surface area contributed by atoms with Gasteiger partial charge in [-0.3, -0.25) is 0 Å². The molecule has 0 amide bonds.